The number of methoxy groups -OCH3 is 1. The summed E-state index contributed by atoms with van der Waals surface area (Å²) in [5.74, 6) is 1.42. The Morgan fingerprint density at radius 2 is 1.94 bits per heavy atom. The summed E-state index contributed by atoms with van der Waals surface area (Å²) in [6.07, 6.45) is 4.01. The van der Waals surface area contributed by atoms with Crippen LogP contribution in [0.5, 0.6) is 11.5 Å². The molecule has 1 N–H and O–H groups in total. The van der Waals surface area contributed by atoms with Gasteiger partial charge in [-0.1, -0.05) is 49.7 Å². The number of nitrogens with one attached hydrogen (secondary N) is 1. The highest BCUT2D eigenvalue weighted by Crippen LogP contribution is 2.38. The summed E-state index contributed by atoms with van der Waals surface area (Å²) in [5.41, 5.74) is 3.21. The van der Waals surface area contributed by atoms with Crippen LogP contribution in [0.15, 0.2) is 66.1 Å². The Morgan fingerprint density at radius 3 is 2.71 bits per heavy atom. The predicted molar refractivity (Wildman–Crippen MR) is 129 cm³/mol. The van der Waals surface area contributed by atoms with Gasteiger partial charge in [-0.05, 0) is 36.6 Å². The lowest BCUT2D eigenvalue weighted by molar-refractivity contribution is -0.139. The van der Waals surface area contributed by atoms with Crippen LogP contribution >= 0.6 is 0 Å². The van der Waals surface area contributed by atoms with E-state index in [1.54, 1.807) is 11.8 Å². The van der Waals surface area contributed by atoms with E-state index in [2.05, 4.69) is 34.5 Å². The van der Waals surface area contributed by atoms with E-state index in [-0.39, 0.29) is 5.97 Å². The number of fused-ring (bicyclic) bond motifs is 1. The Labute approximate surface area is 199 Å². The maximum atomic E-state index is 13.1. The average Bonchev–Trinajstić information content (AvgIpc) is 3.32. The fraction of sp³-hybridized carbons (Fsp3) is 0.346. The van der Waals surface area contributed by atoms with Gasteiger partial charge in [-0.15, -0.1) is 0 Å². The molecular formula is C26H30N4O4. The first-order valence-corrected chi connectivity index (χ1v) is 11.5. The van der Waals surface area contributed by atoms with Gasteiger partial charge in [0.1, 0.15) is 12.4 Å². The van der Waals surface area contributed by atoms with Crippen molar-refractivity contribution in [3.05, 3.63) is 77.3 Å². The molecule has 1 aromatic heterocycles. The zero-order valence-corrected chi connectivity index (χ0v) is 19.8. The number of benzene rings is 2. The van der Waals surface area contributed by atoms with E-state index in [0.29, 0.717) is 41.9 Å². The predicted octanol–water partition coefficient (Wildman–Crippen LogP) is 4.54. The van der Waals surface area contributed by atoms with Gasteiger partial charge in [0.2, 0.25) is 5.95 Å². The molecule has 34 heavy (non-hydrogen) atoms. The second kappa shape index (κ2) is 10.9. The molecule has 0 aliphatic carbocycles. The summed E-state index contributed by atoms with van der Waals surface area (Å²) in [6, 6.07) is 15.4. The second-order valence-electron chi connectivity index (χ2n) is 8.08. The highest BCUT2D eigenvalue weighted by Gasteiger charge is 2.34. The minimum atomic E-state index is -0.500. The first-order chi connectivity index (χ1) is 16.6. The van der Waals surface area contributed by atoms with E-state index < -0.39 is 6.04 Å². The molecule has 0 amide bonds. The summed E-state index contributed by atoms with van der Waals surface area (Å²) in [5, 5.41) is 7.52. The molecule has 3 aromatic rings. The number of nitrogens with zero attached hydrogens (tertiary/aromatic N) is 3. The molecule has 8 nitrogen and oxygen atoms in total. The number of allylic oxidation sites excluding steroid dienone is 1. The number of esters is 1. The largest absolute Gasteiger partial charge is 0.493 e. The molecule has 0 saturated heterocycles. The fourth-order valence-electron chi connectivity index (χ4n) is 3.95. The molecule has 1 aliphatic heterocycles. The lowest BCUT2D eigenvalue weighted by atomic mass is 9.95. The monoisotopic (exact) mass is 462 g/mol. The van der Waals surface area contributed by atoms with Crippen LogP contribution in [-0.4, -0.2) is 41.1 Å². The van der Waals surface area contributed by atoms with Crippen molar-refractivity contribution < 1.29 is 19.0 Å². The maximum Gasteiger partial charge on any atom is 0.338 e. The Hall–Kier alpha value is -3.81. The topological polar surface area (TPSA) is 87.5 Å². The van der Waals surface area contributed by atoms with Crippen molar-refractivity contribution in [1.29, 1.82) is 0 Å². The highest BCUT2D eigenvalue weighted by molar-refractivity contribution is 5.92. The number of hydrogen-bond acceptors (Lipinski definition) is 7. The molecule has 0 spiro atoms. The number of ether oxygens (including phenoxy) is 3. The molecule has 4 rings (SSSR count). The normalized spacial score (nSPS) is 14.9. The first kappa shape index (κ1) is 23.4. The quantitative estimate of drug-likeness (QED) is 0.350. The molecule has 2 aromatic carbocycles. The zero-order chi connectivity index (χ0) is 23.9. The highest BCUT2D eigenvalue weighted by atomic mass is 16.5. The number of carbonyl (C=O) groups excluding carboxylic acids is 1. The molecule has 2 heterocycles. The van der Waals surface area contributed by atoms with E-state index in [0.717, 1.165) is 24.8 Å². The molecule has 1 unspecified atom stereocenters. The standard InChI is InChI=1S/C26H30N4O4/c1-4-5-14-34-25(31)23-18(2)29-26-27-17-28-30(26)24(23)20-11-12-21(22(16-20)32-3)33-15-13-19-9-7-6-8-10-19/h6-12,16-17,24H,4-5,13-15H2,1-3H3,(H,27,28,29). The minimum Gasteiger partial charge on any atom is -0.493 e. The van der Waals surface area contributed by atoms with Crippen LogP contribution in [0.25, 0.3) is 0 Å². The summed E-state index contributed by atoms with van der Waals surface area (Å²) in [4.78, 5) is 17.3. The van der Waals surface area contributed by atoms with Gasteiger partial charge < -0.3 is 19.5 Å². The Kier molecular flexibility index (Phi) is 7.47. The first-order valence-electron chi connectivity index (χ1n) is 11.5. The fourth-order valence-corrected chi connectivity index (χ4v) is 3.95. The van der Waals surface area contributed by atoms with E-state index in [1.165, 1.54) is 11.9 Å². The van der Waals surface area contributed by atoms with Crippen LogP contribution in [0.2, 0.25) is 0 Å². The summed E-state index contributed by atoms with van der Waals surface area (Å²) >= 11 is 0. The molecule has 0 radical (unpaired) electrons. The molecule has 0 bridgehead atoms. The van der Waals surface area contributed by atoms with Gasteiger partial charge in [0.05, 0.1) is 25.9 Å². The molecule has 178 valence electrons. The number of hydrogen-bond donors (Lipinski definition) is 1. The van der Waals surface area contributed by atoms with Crippen molar-refractivity contribution in [1.82, 2.24) is 14.8 Å². The van der Waals surface area contributed by atoms with Gasteiger partial charge in [0.25, 0.3) is 0 Å². The van der Waals surface area contributed by atoms with E-state index >= 15 is 0 Å². The molecular weight excluding hydrogens is 432 g/mol. The van der Waals surface area contributed by atoms with Gasteiger partial charge in [-0.2, -0.15) is 10.1 Å². The van der Waals surface area contributed by atoms with Crippen molar-refractivity contribution in [3.63, 3.8) is 0 Å². The summed E-state index contributed by atoms with van der Waals surface area (Å²) < 4.78 is 18.9. The van der Waals surface area contributed by atoms with E-state index in [1.807, 2.05) is 43.3 Å². The second-order valence-corrected chi connectivity index (χ2v) is 8.08. The van der Waals surface area contributed by atoms with Crippen molar-refractivity contribution >= 4 is 11.9 Å². The minimum absolute atomic E-state index is 0.369. The van der Waals surface area contributed by atoms with Gasteiger partial charge in [-0.3, -0.25) is 0 Å². The number of rotatable bonds is 10. The molecule has 0 saturated carbocycles. The lowest BCUT2D eigenvalue weighted by Crippen LogP contribution is -2.29. The Bertz CT molecular complexity index is 1160. The number of carbonyl (C=O) groups is 1. The molecule has 0 fully saturated rings. The van der Waals surface area contributed by atoms with Gasteiger partial charge in [0.15, 0.2) is 11.5 Å². The van der Waals surface area contributed by atoms with Crippen LogP contribution in [0.3, 0.4) is 0 Å². The maximum absolute atomic E-state index is 13.1. The van der Waals surface area contributed by atoms with Crippen molar-refractivity contribution in [2.45, 2.75) is 39.2 Å². The van der Waals surface area contributed by atoms with Crippen molar-refractivity contribution in [2.24, 2.45) is 0 Å². The smallest absolute Gasteiger partial charge is 0.338 e. The summed E-state index contributed by atoms with van der Waals surface area (Å²) in [7, 11) is 1.60. The number of unbranched alkanes of at least 4 members (excludes halogenated alkanes) is 1. The van der Waals surface area contributed by atoms with Gasteiger partial charge in [0, 0.05) is 12.1 Å². The van der Waals surface area contributed by atoms with Crippen LogP contribution in [0.4, 0.5) is 5.95 Å². The van der Waals surface area contributed by atoms with E-state index in [9.17, 15) is 4.79 Å². The van der Waals surface area contributed by atoms with Crippen molar-refractivity contribution in [3.8, 4) is 11.5 Å². The van der Waals surface area contributed by atoms with Crippen LogP contribution in [0.1, 0.15) is 43.9 Å². The lowest BCUT2D eigenvalue weighted by Gasteiger charge is -2.28. The van der Waals surface area contributed by atoms with Gasteiger partial charge in [-0.25, -0.2) is 9.48 Å². The third kappa shape index (κ3) is 5.06. The molecule has 1 atom stereocenters. The summed E-state index contributed by atoms with van der Waals surface area (Å²) in [6.45, 7) is 4.80. The Balaban J connectivity index is 1.59. The van der Waals surface area contributed by atoms with E-state index in [4.69, 9.17) is 14.2 Å². The molecule has 1 aliphatic rings. The average molecular weight is 463 g/mol. The number of anilines is 1. The van der Waals surface area contributed by atoms with Crippen LogP contribution < -0.4 is 14.8 Å². The third-order valence-electron chi connectivity index (χ3n) is 5.74. The number of aromatic nitrogens is 3. The van der Waals surface area contributed by atoms with Gasteiger partial charge >= 0.3 is 5.97 Å². The zero-order valence-electron chi connectivity index (χ0n) is 19.8. The van der Waals surface area contributed by atoms with Crippen LogP contribution in [-0.2, 0) is 16.0 Å². The van der Waals surface area contributed by atoms with Crippen LogP contribution in [0, 0.1) is 0 Å². The third-order valence-corrected chi connectivity index (χ3v) is 5.74. The molecule has 8 heteroatoms. The Morgan fingerprint density at radius 1 is 1.12 bits per heavy atom. The SMILES string of the molecule is CCCCOC(=O)C1=C(C)Nc2ncnn2C1c1ccc(OCCc2ccccc2)c(OC)c1. The van der Waals surface area contributed by atoms with Crippen molar-refractivity contribution in [2.75, 3.05) is 25.6 Å².